The van der Waals surface area contributed by atoms with Crippen LogP contribution in [-0.2, 0) is 15.1 Å². The second-order valence-corrected chi connectivity index (χ2v) is 7.47. The molecule has 29 heavy (non-hydrogen) atoms. The Morgan fingerprint density at radius 3 is 2.41 bits per heavy atom. The second-order valence-electron chi connectivity index (χ2n) is 7.47. The van der Waals surface area contributed by atoms with Crippen molar-refractivity contribution in [2.24, 2.45) is 0 Å². The van der Waals surface area contributed by atoms with Gasteiger partial charge in [0.2, 0.25) is 5.91 Å². The first-order chi connectivity index (χ1) is 13.8. The molecule has 0 spiro atoms. The molecule has 0 aromatic heterocycles. The molecule has 7 nitrogen and oxygen atoms in total. The summed E-state index contributed by atoms with van der Waals surface area (Å²) >= 11 is 0. The molecule has 1 fully saturated rings. The maximum atomic E-state index is 13.0. The lowest BCUT2D eigenvalue weighted by molar-refractivity contribution is -0.133. The molecule has 0 unspecified atom stereocenters. The summed E-state index contributed by atoms with van der Waals surface area (Å²) in [5, 5.41) is 5.40. The second kappa shape index (κ2) is 7.95. The molecule has 0 radical (unpaired) electrons. The first-order valence-electron chi connectivity index (χ1n) is 9.43. The third-order valence-electron chi connectivity index (χ3n) is 5.11. The van der Waals surface area contributed by atoms with Gasteiger partial charge in [0.25, 0.3) is 5.91 Å². The minimum atomic E-state index is -1.21. The number of hydrogen-bond donors (Lipinski definition) is 2. The van der Waals surface area contributed by atoms with E-state index in [1.807, 2.05) is 24.3 Å². The number of methoxy groups -OCH3 is 1. The van der Waals surface area contributed by atoms with Crippen molar-refractivity contribution < 1.29 is 19.1 Å². The SMILES string of the molecule is COc1ccccc1NC(=O)CN1C(=O)N[C@@](C)(c2ccc(C(C)C)cc2)C1=O. The molecule has 2 aromatic carbocycles. The van der Waals surface area contributed by atoms with E-state index >= 15 is 0 Å². The van der Waals surface area contributed by atoms with E-state index in [2.05, 4.69) is 24.5 Å². The van der Waals surface area contributed by atoms with E-state index < -0.39 is 23.4 Å². The quantitative estimate of drug-likeness (QED) is 0.735. The molecule has 4 amide bonds. The monoisotopic (exact) mass is 395 g/mol. The van der Waals surface area contributed by atoms with Gasteiger partial charge in [0, 0.05) is 0 Å². The average Bonchev–Trinajstić information content (AvgIpc) is 2.92. The maximum Gasteiger partial charge on any atom is 0.325 e. The normalized spacial score (nSPS) is 18.7. The van der Waals surface area contributed by atoms with Crippen molar-refractivity contribution in [2.75, 3.05) is 19.0 Å². The van der Waals surface area contributed by atoms with Gasteiger partial charge in [-0.15, -0.1) is 0 Å². The molecule has 152 valence electrons. The Hall–Kier alpha value is -3.35. The van der Waals surface area contributed by atoms with Crippen LogP contribution in [-0.4, -0.2) is 36.4 Å². The van der Waals surface area contributed by atoms with Crippen molar-refractivity contribution in [3.63, 3.8) is 0 Å². The number of carbonyl (C=O) groups excluding carboxylic acids is 3. The fraction of sp³-hybridized carbons (Fsp3) is 0.318. The smallest absolute Gasteiger partial charge is 0.325 e. The van der Waals surface area contributed by atoms with Crippen molar-refractivity contribution >= 4 is 23.5 Å². The Balaban J connectivity index is 1.75. The number of benzene rings is 2. The van der Waals surface area contributed by atoms with Gasteiger partial charge in [-0.2, -0.15) is 0 Å². The lowest BCUT2D eigenvalue weighted by Crippen LogP contribution is -2.42. The highest BCUT2D eigenvalue weighted by atomic mass is 16.5. The minimum absolute atomic E-state index is 0.362. The standard InChI is InChI=1S/C22H25N3O4/c1-14(2)15-9-11-16(12-10-15)22(3)20(27)25(21(28)24-22)13-19(26)23-17-7-5-6-8-18(17)29-4/h5-12,14H,13H2,1-4H3,(H,23,26)(H,24,28)/t22-/m0/s1. The summed E-state index contributed by atoms with van der Waals surface area (Å²) < 4.78 is 5.20. The number of imide groups is 1. The van der Waals surface area contributed by atoms with Crippen LogP contribution in [0.25, 0.3) is 0 Å². The number of urea groups is 1. The first kappa shape index (κ1) is 20.4. The molecule has 1 aliphatic rings. The van der Waals surface area contributed by atoms with E-state index in [9.17, 15) is 14.4 Å². The maximum absolute atomic E-state index is 13.0. The van der Waals surface area contributed by atoms with Gasteiger partial charge in [0.1, 0.15) is 17.8 Å². The number of carbonyl (C=O) groups is 3. The van der Waals surface area contributed by atoms with Crippen LogP contribution in [0.4, 0.5) is 10.5 Å². The number of rotatable bonds is 6. The largest absolute Gasteiger partial charge is 0.495 e. The molecular formula is C22H25N3O4. The van der Waals surface area contributed by atoms with Crippen molar-refractivity contribution in [3.8, 4) is 5.75 Å². The molecule has 2 aromatic rings. The Morgan fingerprint density at radius 1 is 1.14 bits per heavy atom. The van der Waals surface area contributed by atoms with Gasteiger partial charge in [0.05, 0.1) is 12.8 Å². The zero-order valence-electron chi connectivity index (χ0n) is 17.0. The Labute approximate surface area is 170 Å². The number of nitrogens with zero attached hydrogens (tertiary/aromatic N) is 1. The Morgan fingerprint density at radius 2 is 1.79 bits per heavy atom. The lowest BCUT2D eigenvalue weighted by Gasteiger charge is -2.23. The highest BCUT2D eigenvalue weighted by molar-refractivity contribution is 6.10. The predicted octanol–water partition coefficient (Wildman–Crippen LogP) is 3.22. The van der Waals surface area contributed by atoms with Gasteiger partial charge in [-0.1, -0.05) is 50.2 Å². The van der Waals surface area contributed by atoms with Crippen molar-refractivity contribution in [1.82, 2.24) is 10.2 Å². The van der Waals surface area contributed by atoms with Crippen LogP contribution >= 0.6 is 0 Å². The van der Waals surface area contributed by atoms with Crippen molar-refractivity contribution in [2.45, 2.75) is 32.2 Å². The molecule has 1 heterocycles. The molecule has 1 saturated heterocycles. The van der Waals surface area contributed by atoms with E-state index in [1.54, 1.807) is 31.2 Å². The van der Waals surface area contributed by atoms with Crippen LogP contribution in [0.1, 0.15) is 37.8 Å². The fourth-order valence-corrected chi connectivity index (χ4v) is 3.32. The highest BCUT2D eigenvalue weighted by Crippen LogP contribution is 2.30. The summed E-state index contributed by atoms with van der Waals surface area (Å²) in [4.78, 5) is 38.8. The zero-order valence-corrected chi connectivity index (χ0v) is 17.0. The summed E-state index contributed by atoms with van der Waals surface area (Å²) in [6.45, 7) is 5.43. The molecule has 3 rings (SSSR count). The van der Waals surface area contributed by atoms with Crippen LogP contribution in [0.15, 0.2) is 48.5 Å². The van der Waals surface area contributed by atoms with E-state index in [-0.39, 0.29) is 6.54 Å². The molecule has 7 heteroatoms. The Kier molecular flexibility index (Phi) is 5.59. The highest BCUT2D eigenvalue weighted by Gasteiger charge is 2.49. The van der Waals surface area contributed by atoms with Gasteiger partial charge in [0.15, 0.2) is 0 Å². The number of para-hydroxylation sites is 2. The predicted molar refractivity (Wildman–Crippen MR) is 110 cm³/mol. The van der Waals surface area contributed by atoms with Gasteiger partial charge >= 0.3 is 6.03 Å². The fourth-order valence-electron chi connectivity index (χ4n) is 3.32. The molecule has 0 bridgehead atoms. The Bertz CT molecular complexity index is 939. The molecule has 0 aliphatic carbocycles. The first-order valence-corrected chi connectivity index (χ1v) is 9.43. The summed E-state index contributed by atoms with van der Waals surface area (Å²) in [6, 6.07) is 13.9. The molecule has 0 saturated carbocycles. The summed E-state index contributed by atoms with van der Waals surface area (Å²) in [5.41, 5.74) is 1.08. The lowest BCUT2D eigenvalue weighted by atomic mass is 9.90. The van der Waals surface area contributed by atoms with Gasteiger partial charge in [-0.25, -0.2) is 4.79 Å². The van der Waals surface area contributed by atoms with Crippen LogP contribution < -0.4 is 15.4 Å². The van der Waals surface area contributed by atoms with Crippen LogP contribution in [0.2, 0.25) is 0 Å². The number of nitrogens with one attached hydrogen (secondary N) is 2. The van der Waals surface area contributed by atoms with E-state index in [0.29, 0.717) is 22.9 Å². The third kappa shape index (κ3) is 3.94. The zero-order chi connectivity index (χ0) is 21.2. The summed E-state index contributed by atoms with van der Waals surface area (Å²) in [6.07, 6.45) is 0. The minimum Gasteiger partial charge on any atom is -0.495 e. The van der Waals surface area contributed by atoms with Gasteiger partial charge in [-0.05, 0) is 36.1 Å². The molecular weight excluding hydrogens is 370 g/mol. The number of hydrogen-bond acceptors (Lipinski definition) is 4. The molecule has 1 atom stereocenters. The topological polar surface area (TPSA) is 87.7 Å². The van der Waals surface area contributed by atoms with Crippen LogP contribution in [0, 0.1) is 0 Å². The van der Waals surface area contributed by atoms with E-state index in [0.717, 1.165) is 10.5 Å². The number of amides is 4. The number of ether oxygens (including phenoxy) is 1. The van der Waals surface area contributed by atoms with Crippen molar-refractivity contribution in [3.05, 3.63) is 59.7 Å². The summed E-state index contributed by atoms with van der Waals surface area (Å²) in [7, 11) is 1.50. The van der Waals surface area contributed by atoms with Crippen LogP contribution in [0.3, 0.4) is 0 Å². The summed E-state index contributed by atoms with van der Waals surface area (Å²) in [5.74, 6) is -0.0959. The van der Waals surface area contributed by atoms with Crippen LogP contribution in [0.5, 0.6) is 5.75 Å². The van der Waals surface area contributed by atoms with Gasteiger partial charge < -0.3 is 15.4 Å². The number of anilines is 1. The van der Waals surface area contributed by atoms with Gasteiger partial charge in [-0.3, -0.25) is 14.5 Å². The molecule has 1 aliphatic heterocycles. The molecule has 2 N–H and O–H groups in total. The van der Waals surface area contributed by atoms with Crippen molar-refractivity contribution in [1.29, 1.82) is 0 Å². The average molecular weight is 395 g/mol. The van der Waals surface area contributed by atoms with E-state index in [1.165, 1.54) is 7.11 Å². The van der Waals surface area contributed by atoms with E-state index in [4.69, 9.17) is 4.74 Å². The third-order valence-corrected chi connectivity index (χ3v) is 5.11.